The fourth-order valence-electron chi connectivity index (χ4n) is 2.28. The van der Waals surface area contributed by atoms with E-state index < -0.39 is 4.92 Å². The summed E-state index contributed by atoms with van der Waals surface area (Å²) in [6, 6.07) is 2.54. The molecule has 6 nitrogen and oxygen atoms in total. The Morgan fingerprint density at radius 1 is 1.48 bits per heavy atom. The molecule has 1 unspecified atom stereocenters. The van der Waals surface area contributed by atoms with Crippen molar-refractivity contribution in [3.63, 3.8) is 0 Å². The molecule has 1 heterocycles. The van der Waals surface area contributed by atoms with Gasteiger partial charge in [0.2, 0.25) is 11.7 Å². The van der Waals surface area contributed by atoms with Crippen LogP contribution in [0.25, 0.3) is 0 Å². The lowest BCUT2D eigenvalue weighted by Gasteiger charge is -2.22. The Morgan fingerprint density at radius 2 is 2.10 bits per heavy atom. The van der Waals surface area contributed by atoms with Crippen LogP contribution >= 0.6 is 11.6 Å². The highest BCUT2D eigenvalue weighted by molar-refractivity contribution is 6.29. The molecule has 0 bridgehead atoms. The maximum atomic E-state index is 12.0. The third kappa shape index (κ3) is 6.08. The zero-order valence-electron chi connectivity index (χ0n) is 12.6. The zero-order chi connectivity index (χ0) is 16.2. The van der Waals surface area contributed by atoms with Crippen LogP contribution in [-0.2, 0) is 4.79 Å². The number of hydrogen-bond acceptors (Lipinski definition) is 4. The topological polar surface area (TPSA) is 85.1 Å². The van der Waals surface area contributed by atoms with Gasteiger partial charge in [-0.25, -0.2) is 4.98 Å². The number of aromatic nitrogens is 1. The van der Waals surface area contributed by atoms with Crippen LogP contribution < -0.4 is 5.32 Å². The summed E-state index contributed by atoms with van der Waals surface area (Å²) in [4.78, 5) is 26.1. The van der Waals surface area contributed by atoms with E-state index in [1.54, 1.807) is 0 Å². The van der Waals surface area contributed by atoms with Crippen molar-refractivity contribution in [1.29, 1.82) is 0 Å². The Kier molecular flexibility index (Phi) is 5.66. The Labute approximate surface area is 129 Å². The van der Waals surface area contributed by atoms with Gasteiger partial charge in [0.05, 0.1) is 4.92 Å². The maximum Gasteiger partial charge on any atom is 0.311 e. The lowest BCUT2D eigenvalue weighted by atomic mass is 9.84. The molecular weight excluding hydrogens is 294 g/mol. The zero-order valence-corrected chi connectivity index (χ0v) is 13.4. The van der Waals surface area contributed by atoms with E-state index >= 15 is 0 Å². The van der Waals surface area contributed by atoms with Crippen LogP contribution in [0.3, 0.4) is 0 Å². The van der Waals surface area contributed by atoms with E-state index in [1.807, 2.05) is 6.92 Å². The lowest BCUT2D eigenvalue weighted by molar-refractivity contribution is -0.384. The van der Waals surface area contributed by atoms with E-state index in [-0.39, 0.29) is 40.3 Å². The van der Waals surface area contributed by atoms with Gasteiger partial charge < -0.3 is 5.32 Å². The van der Waals surface area contributed by atoms with Crippen molar-refractivity contribution < 1.29 is 9.72 Å². The molecule has 0 aromatic carbocycles. The molecule has 0 saturated carbocycles. The smallest absolute Gasteiger partial charge is 0.305 e. The number of pyridine rings is 1. The molecule has 0 spiro atoms. The van der Waals surface area contributed by atoms with E-state index in [9.17, 15) is 14.9 Å². The molecule has 0 aliphatic heterocycles. The number of nitrogens with zero attached hydrogens (tertiary/aromatic N) is 2. The van der Waals surface area contributed by atoms with Crippen molar-refractivity contribution in [2.45, 2.75) is 40.5 Å². The van der Waals surface area contributed by atoms with E-state index in [0.717, 1.165) is 6.42 Å². The minimum atomic E-state index is -0.600. The largest absolute Gasteiger partial charge is 0.311 e. The molecule has 1 atom stereocenters. The minimum Gasteiger partial charge on any atom is -0.305 e. The summed E-state index contributed by atoms with van der Waals surface area (Å²) < 4.78 is 0. The fraction of sp³-hybridized carbons (Fsp3) is 0.571. The van der Waals surface area contributed by atoms with Crippen LogP contribution in [0.1, 0.15) is 40.5 Å². The summed E-state index contributed by atoms with van der Waals surface area (Å²) >= 11 is 5.71. The summed E-state index contributed by atoms with van der Waals surface area (Å²) in [7, 11) is 0. The van der Waals surface area contributed by atoms with Crippen LogP contribution in [0.15, 0.2) is 12.1 Å². The second kappa shape index (κ2) is 6.85. The fourth-order valence-corrected chi connectivity index (χ4v) is 2.43. The first-order valence-corrected chi connectivity index (χ1v) is 7.07. The molecule has 1 aromatic heterocycles. The third-order valence-electron chi connectivity index (χ3n) is 2.79. The number of carbonyl (C=O) groups is 1. The van der Waals surface area contributed by atoms with Crippen molar-refractivity contribution in [3.05, 3.63) is 27.4 Å². The van der Waals surface area contributed by atoms with Gasteiger partial charge in [0, 0.05) is 12.5 Å². The summed E-state index contributed by atoms with van der Waals surface area (Å²) in [6.07, 6.45) is 1.16. The van der Waals surface area contributed by atoms with Crippen molar-refractivity contribution in [2.75, 3.05) is 5.32 Å². The van der Waals surface area contributed by atoms with Crippen LogP contribution in [-0.4, -0.2) is 15.8 Å². The quantitative estimate of drug-likeness (QED) is 0.505. The van der Waals surface area contributed by atoms with E-state index in [4.69, 9.17) is 11.6 Å². The molecule has 1 N–H and O–H groups in total. The monoisotopic (exact) mass is 313 g/mol. The first-order valence-electron chi connectivity index (χ1n) is 6.69. The Bertz CT molecular complexity index is 541. The van der Waals surface area contributed by atoms with Crippen LogP contribution in [0.2, 0.25) is 5.15 Å². The predicted molar refractivity (Wildman–Crippen MR) is 82.4 cm³/mol. The van der Waals surface area contributed by atoms with E-state index in [1.165, 1.54) is 12.1 Å². The van der Waals surface area contributed by atoms with Crippen LogP contribution in [0, 0.1) is 21.4 Å². The number of hydrogen-bond donors (Lipinski definition) is 1. The Morgan fingerprint density at radius 3 is 2.62 bits per heavy atom. The Hall–Kier alpha value is -1.69. The molecule has 1 amide bonds. The summed E-state index contributed by atoms with van der Waals surface area (Å²) in [5, 5.41) is 13.5. The third-order valence-corrected chi connectivity index (χ3v) is 3.00. The summed E-state index contributed by atoms with van der Waals surface area (Å²) in [5.74, 6) is -0.242. The molecule has 7 heteroatoms. The molecule has 0 aliphatic carbocycles. The number of anilines is 1. The standard InChI is InChI=1S/C14H20ClN3O3/c1-9(8-14(2,3)4)7-12(19)17-13-10(18(20)21)5-6-11(15)16-13/h5-6,9H,7-8H2,1-4H3,(H,16,17,19). The average molecular weight is 314 g/mol. The molecule has 0 aliphatic rings. The van der Waals surface area contributed by atoms with Gasteiger partial charge >= 0.3 is 5.69 Å². The number of carbonyl (C=O) groups excluding carboxylic acids is 1. The summed E-state index contributed by atoms with van der Waals surface area (Å²) in [5.41, 5.74) is -0.142. The highest BCUT2D eigenvalue weighted by atomic mass is 35.5. The van der Waals surface area contributed by atoms with Gasteiger partial charge in [0.25, 0.3) is 0 Å². The second-order valence-corrected chi connectivity index (χ2v) is 6.77. The lowest BCUT2D eigenvalue weighted by Crippen LogP contribution is -2.20. The summed E-state index contributed by atoms with van der Waals surface area (Å²) in [6.45, 7) is 8.28. The van der Waals surface area contributed by atoms with Gasteiger partial charge in [-0.1, -0.05) is 39.3 Å². The first-order chi connectivity index (χ1) is 9.58. The average Bonchev–Trinajstić information content (AvgIpc) is 2.24. The first kappa shape index (κ1) is 17.4. The maximum absolute atomic E-state index is 12.0. The molecule has 0 radical (unpaired) electrons. The molecular formula is C14H20ClN3O3. The number of nitrogens with one attached hydrogen (secondary N) is 1. The van der Waals surface area contributed by atoms with E-state index in [2.05, 4.69) is 31.1 Å². The number of nitro groups is 1. The highest BCUT2D eigenvalue weighted by Crippen LogP contribution is 2.27. The van der Waals surface area contributed by atoms with Crippen LogP contribution in [0.5, 0.6) is 0 Å². The predicted octanol–water partition coefficient (Wildman–Crippen LogP) is 4.04. The molecule has 1 aromatic rings. The van der Waals surface area contributed by atoms with E-state index in [0.29, 0.717) is 0 Å². The van der Waals surface area contributed by atoms with Crippen molar-refractivity contribution in [2.24, 2.45) is 11.3 Å². The van der Waals surface area contributed by atoms with Crippen molar-refractivity contribution in [1.82, 2.24) is 4.98 Å². The number of amides is 1. The SMILES string of the molecule is CC(CC(=O)Nc1nc(Cl)ccc1[N+](=O)[O-])CC(C)(C)C. The normalized spacial score (nSPS) is 12.8. The molecule has 0 fully saturated rings. The van der Waals surface area contributed by atoms with Gasteiger partial charge in [0.15, 0.2) is 0 Å². The number of halogens is 1. The van der Waals surface area contributed by atoms with Gasteiger partial charge in [-0.3, -0.25) is 14.9 Å². The number of rotatable bonds is 5. The highest BCUT2D eigenvalue weighted by Gasteiger charge is 2.21. The molecule has 116 valence electrons. The van der Waals surface area contributed by atoms with Gasteiger partial charge in [-0.2, -0.15) is 0 Å². The molecule has 21 heavy (non-hydrogen) atoms. The van der Waals surface area contributed by atoms with Gasteiger partial charge in [0.1, 0.15) is 5.15 Å². The molecule has 0 saturated heterocycles. The van der Waals surface area contributed by atoms with Gasteiger partial charge in [-0.15, -0.1) is 0 Å². The van der Waals surface area contributed by atoms with Crippen molar-refractivity contribution in [3.8, 4) is 0 Å². The van der Waals surface area contributed by atoms with Crippen molar-refractivity contribution >= 4 is 29.0 Å². The van der Waals surface area contributed by atoms with Gasteiger partial charge in [-0.05, 0) is 23.8 Å². The minimum absolute atomic E-state index is 0.0960. The van der Waals surface area contributed by atoms with Crippen LogP contribution in [0.4, 0.5) is 11.5 Å². The Balaban J connectivity index is 2.75. The second-order valence-electron chi connectivity index (χ2n) is 6.38. The molecule has 1 rings (SSSR count).